The molecule has 0 spiro atoms. The third-order valence-corrected chi connectivity index (χ3v) is 4.29. The van der Waals surface area contributed by atoms with Crippen LogP contribution in [-0.2, 0) is 12.8 Å². The normalized spacial score (nSPS) is 12.3. The van der Waals surface area contributed by atoms with E-state index in [0.29, 0.717) is 5.92 Å². The molecule has 0 aliphatic carbocycles. The summed E-state index contributed by atoms with van der Waals surface area (Å²) in [5.41, 5.74) is 4.19. The Kier molecular flexibility index (Phi) is 6.05. The maximum atomic E-state index is 3.33. The highest BCUT2D eigenvalue weighted by atomic mass is 127. The minimum atomic E-state index is 0.641. The van der Waals surface area contributed by atoms with Gasteiger partial charge in [-0.3, -0.25) is 0 Å². The van der Waals surface area contributed by atoms with Crippen molar-refractivity contribution in [3.63, 3.8) is 0 Å². The van der Waals surface area contributed by atoms with Gasteiger partial charge in [-0.15, -0.1) is 0 Å². The van der Waals surface area contributed by atoms with E-state index in [9.17, 15) is 0 Å². The van der Waals surface area contributed by atoms with Gasteiger partial charge in [0.2, 0.25) is 0 Å². The van der Waals surface area contributed by atoms with Crippen molar-refractivity contribution in [3.8, 4) is 0 Å². The van der Waals surface area contributed by atoms with Crippen molar-refractivity contribution in [2.45, 2.75) is 19.8 Å². The zero-order valence-corrected chi connectivity index (χ0v) is 14.4. The fourth-order valence-corrected chi connectivity index (χ4v) is 2.88. The molecular formula is C18H22IN. The first-order valence-electron chi connectivity index (χ1n) is 7.12. The molecule has 0 fully saturated rings. The van der Waals surface area contributed by atoms with Crippen LogP contribution in [0.25, 0.3) is 0 Å². The smallest absolute Gasteiger partial charge is 0.0130 e. The zero-order chi connectivity index (χ0) is 14.4. The summed E-state index contributed by atoms with van der Waals surface area (Å²) in [6.45, 7) is 3.19. The molecule has 0 aromatic heterocycles. The maximum absolute atomic E-state index is 3.33. The highest BCUT2D eigenvalue weighted by Gasteiger charge is 2.10. The summed E-state index contributed by atoms with van der Waals surface area (Å²) in [6.07, 6.45) is 2.26. The third-order valence-electron chi connectivity index (χ3n) is 3.58. The SMILES string of the molecule is CNCC(Cc1ccc(C)cc1)Cc1ccc(I)cc1. The van der Waals surface area contributed by atoms with Crippen LogP contribution in [0.3, 0.4) is 0 Å². The minimum Gasteiger partial charge on any atom is -0.319 e. The van der Waals surface area contributed by atoms with Crippen molar-refractivity contribution < 1.29 is 0 Å². The lowest BCUT2D eigenvalue weighted by Crippen LogP contribution is -2.22. The third kappa shape index (κ3) is 4.91. The summed E-state index contributed by atoms with van der Waals surface area (Å²) in [5, 5.41) is 3.33. The van der Waals surface area contributed by atoms with Gasteiger partial charge in [0.1, 0.15) is 0 Å². The Morgan fingerprint density at radius 2 is 1.40 bits per heavy atom. The van der Waals surface area contributed by atoms with Crippen molar-refractivity contribution in [2.24, 2.45) is 5.92 Å². The van der Waals surface area contributed by atoms with E-state index in [1.807, 2.05) is 7.05 Å². The lowest BCUT2D eigenvalue weighted by molar-refractivity contribution is 0.493. The summed E-state index contributed by atoms with van der Waals surface area (Å²) in [7, 11) is 2.04. The molecule has 0 aliphatic heterocycles. The van der Waals surface area contributed by atoms with Gasteiger partial charge in [0.05, 0.1) is 0 Å². The van der Waals surface area contributed by atoms with Crippen molar-refractivity contribution in [3.05, 3.63) is 68.8 Å². The molecular weight excluding hydrogens is 357 g/mol. The number of rotatable bonds is 6. The first-order chi connectivity index (χ1) is 9.67. The number of halogens is 1. The predicted octanol–water partition coefficient (Wildman–Crippen LogP) is 4.22. The molecule has 1 nitrogen and oxygen atoms in total. The van der Waals surface area contributed by atoms with Crippen molar-refractivity contribution >= 4 is 22.6 Å². The van der Waals surface area contributed by atoms with Crippen LogP contribution in [-0.4, -0.2) is 13.6 Å². The molecule has 106 valence electrons. The first-order valence-corrected chi connectivity index (χ1v) is 8.20. The van der Waals surface area contributed by atoms with E-state index < -0.39 is 0 Å². The number of aryl methyl sites for hydroxylation is 1. The zero-order valence-electron chi connectivity index (χ0n) is 12.2. The van der Waals surface area contributed by atoms with Gasteiger partial charge in [-0.1, -0.05) is 42.0 Å². The molecule has 0 amide bonds. The van der Waals surface area contributed by atoms with Crippen molar-refractivity contribution in [2.75, 3.05) is 13.6 Å². The molecule has 0 bridgehead atoms. The van der Waals surface area contributed by atoms with Gasteiger partial charge in [-0.05, 0) is 85.1 Å². The van der Waals surface area contributed by atoms with Gasteiger partial charge in [-0.25, -0.2) is 0 Å². The topological polar surface area (TPSA) is 12.0 Å². The summed E-state index contributed by atoms with van der Waals surface area (Å²) >= 11 is 2.36. The average Bonchev–Trinajstić information content (AvgIpc) is 2.44. The first kappa shape index (κ1) is 15.5. The van der Waals surface area contributed by atoms with Crippen molar-refractivity contribution in [1.29, 1.82) is 0 Å². The Morgan fingerprint density at radius 3 is 1.90 bits per heavy atom. The van der Waals surface area contributed by atoms with Gasteiger partial charge in [-0.2, -0.15) is 0 Å². The molecule has 20 heavy (non-hydrogen) atoms. The van der Waals surface area contributed by atoms with E-state index in [-0.39, 0.29) is 0 Å². The Labute approximate surface area is 135 Å². The molecule has 1 atom stereocenters. The Bertz CT molecular complexity index is 469. The predicted molar refractivity (Wildman–Crippen MR) is 95.2 cm³/mol. The van der Waals surface area contributed by atoms with E-state index in [0.717, 1.165) is 19.4 Å². The number of nitrogens with one attached hydrogen (secondary N) is 1. The van der Waals surface area contributed by atoms with Crippen LogP contribution in [0, 0.1) is 16.4 Å². The second kappa shape index (κ2) is 7.79. The van der Waals surface area contributed by atoms with Crippen LogP contribution in [0.5, 0.6) is 0 Å². The van der Waals surface area contributed by atoms with Gasteiger partial charge in [0.25, 0.3) is 0 Å². The fourth-order valence-electron chi connectivity index (χ4n) is 2.52. The highest BCUT2D eigenvalue weighted by Crippen LogP contribution is 2.16. The number of hydrogen-bond acceptors (Lipinski definition) is 1. The van der Waals surface area contributed by atoms with Gasteiger partial charge in [0, 0.05) is 3.57 Å². The van der Waals surface area contributed by atoms with Crippen LogP contribution in [0.2, 0.25) is 0 Å². The summed E-state index contributed by atoms with van der Waals surface area (Å²) < 4.78 is 1.30. The summed E-state index contributed by atoms with van der Waals surface area (Å²) in [4.78, 5) is 0. The number of hydrogen-bond donors (Lipinski definition) is 1. The van der Waals surface area contributed by atoms with Crippen LogP contribution >= 0.6 is 22.6 Å². The molecule has 1 unspecified atom stereocenters. The molecule has 2 aromatic rings. The van der Waals surface area contributed by atoms with Crippen LogP contribution in [0.15, 0.2) is 48.5 Å². The quantitative estimate of drug-likeness (QED) is 0.742. The summed E-state index contributed by atoms with van der Waals surface area (Å²) in [5.74, 6) is 0.641. The Hall–Kier alpha value is -0.870. The maximum Gasteiger partial charge on any atom is 0.0130 e. The monoisotopic (exact) mass is 379 g/mol. The number of benzene rings is 2. The summed E-state index contributed by atoms with van der Waals surface area (Å²) in [6, 6.07) is 17.8. The molecule has 2 heteroatoms. The van der Waals surface area contributed by atoms with Crippen LogP contribution in [0.4, 0.5) is 0 Å². The van der Waals surface area contributed by atoms with E-state index in [1.165, 1.54) is 20.3 Å². The average molecular weight is 379 g/mol. The lowest BCUT2D eigenvalue weighted by atomic mass is 9.92. The Morgan fingerprint density at radius 1 is 0.900 bits per heavy atom. The molecule has 0 saturated heterocycles. The molecule has 0 radical (unpaired) electrons. The standard InChI is InChI=1S/C18H22IN/c1-14-3-5-15(6-4-14)11-17(13-20-2)12-16-7-9-18(19)10-8-16/h3-10,17,20H,11-13H2,1-2H3. The Balaban J connectivity index is 2.02. The molecule has 0 heterocycles. The minimum absolute atomic E-state index is 0.641. The van der Waals surface area contributed by atoms with Gasteiger partial charge >= 0.3 is 0 Å². The second-order valence-electron chi connectivity index (χ2n) is 5.44. The van der Waals surface area contributed by atoms with Gasteiger partial charge in [0.15, 0.2) is 0 Å². The lowest BCUT2D eigenvalue weighted by Gasteiger charge is -2.17. The molecule has 0 aliphatic rings. The van der Waals surface area contributed by atoms with Gasteiger partial charge < -0.3 is 5.32 Å². The van der Waals surface area contributed by atoms with E-state index in [2.05, 4.69) is 83.4 Å². The second-order valence-corrected chi connectivity index (χ2v) is 6.69. The largest absolute Gasteiger partial charge is 0.319 e. The molecule has 0 saturated carbocycles. The highest BCUT2D eigenvalue weighted by molar-refractivity contribution is 14.1. The molecule has 2 rings (SSSR count). The van der Waals surface area contributed by atoms with Crippen LogP contribution < -0.4 is 5.32 Å². The molecule has 1 N–H and O–H groups in total. The van der Waals surface area contributed by atoms with Crippen molar-refractivity contribution in [1.82, 2.24) is 5.32 Å². The fraction of sp³-hybridized carbons (Fsp3) is 0.333. The molecule has 2 aromatic carbocycles. The van der Waals surface area contributed by atoms with E-state index in [4.69, 9.17) is 0 Å². The van der Waals surface area contributed by atoms with Crippen LogP contribution in [0.1, 0.15) is 16.7 Å². The van der Waals surface area contributed by atoms with E-state index >= 15 is 0 Å². The van der Waals surface area contributed by atoms with E-state index in [1.54, 1.807) is 0 Å².